The first kappa shape index (κ1) is 14.8. The van der Waals surface area contributed by atoms with E-state index in [1.165, 1.54) is 6.92 Å². The van der Waals surface area contributed by atoms with Crippen molar-refractivity contribution in [3.05, 3.63) is 30.5 Å². The zero-order valence-corrected chi connectivity index (χ0v) is 13.0. The predicted octanol–water partition coefficient (Wildman–Crippen LogP) is 3.54. The normalized spacial score (nSPS) is 14.4. The molecule has 2 aromatic rings. The molecule has 114 valence electrons. The molecule has 1 aliphatic carbocycles. The Balaban J connectivity index is 1.81. The smallest absolute Gasteiger partial charge is 0.321 e. The molecule has 0 saturated heterocycles. The molecule has 22 heavy (non-hydrogen) atoms. The first-order valence-corrected chi connectivity index (χ1v) is 7.92. The number of amides is 1. The number of aromatic nitrogens is 1. The number of hydrogen-bond donors (Lipinski definition) is 1. The molecule has 1 fully saturated rings. The number of anilines is 1. The lowest BCUT2D eigenvalue weighted by Gasteiger charge is -2.22. The van der Waals surface area contributed by atoms with Crippen molar-refractivity contribution >= 4 is 40.5 Å². The Morgan fingerprint density at radius 2 is 2.14 bits per heavy atom. The summed E-state index contributed by atoms with van der Waals surface area (Å²) in [6, 6.07) is 7.27. The molecule has 0 atom stereocenters. The fourth-order valence-corrected chi connectivity index (χ4v) is 2.95. The van der Waals surface area contributed by atoms with Gasteiger partial charge in [-0.15, -0.1) is 0 Å². The van der Waals surface area contributed by atoms with Crippen molar-refractivity contribution in [1.82, 2.24) is 4.98 Å². The summed E-state index contributed by atoms with van der Waals surface area (Å²) in [5, 5.41) is 3.59. The third kappa shape index (κ3) is 3.22. The quantitative estimate of drug-likeness (QED) is 0.874. The van der Waals surface area contributed by atoms with E-state index < -0.39 is 0 Å². The molecule has 1 amide bonds. The summed E-state index contributed by atoms with van der Waals surface area (Å²) in [6.45, 7) is 1.46. The van der Waals surface area contributed by atoms with Crippen LogP contribution in [-0.4, -0.2) is 16.9 Å². The average molecular weight is 316 g/mol. The van der Waals surface area contributed by atoms with E-state index in [1.807, 2.05) is 12.1 Å². The topological polar surface area (TPSA) is 68.3 Å². The number of hydrogen-bond acceptors (Lipinski definition) is 5. The minimum absolute atomic E-state index is 0.0514. The molecule has 1 heterocycles. The molecular formula is C16H16N2O3S. The van der Waals surface area contributed by atoms with Crippen LogP contribution in [0.15, 0.2) is 35.4 Å². The van der Waals surface area contributed by atoms with Gasteiger partial charge in [-0.05, 0) is 37.1 Å². The maximum atomic E-state index is 11.8. The molecule has 0 bridgehead atoms. The molecule has 3 rings (SSSR count). The maximum Gasteiger partial charge on any atom is 0.321 e. The lowest BCUT2D eigenvalue weighted by Crippen LogP contribution is -2.22. The average Bonchev–Trinajstić information content (AvgIpc) is 2.42. The second kappa shape index (κ2) is 6.36. The van der Waals surface area contributed by atoms with E-state index in [-0.39, 0.29) is 17.8 Å². The largest absolute Gasteiger partial charge is 0.386 e. The Morgan fingerprint density at radius 1 is 1.32 bits per heavy atom. The van der Waals surface area contributed by atoms with Crippen molar-refractivity contribution in [2.45, 2.75) is 31.1 Å². The fourth-order valence-electron chi connectivity index (χ4n) is 2.27. The lowest BCUT2D eigenvalue weighted by molar-refractivity contribution is -0.140. The highest BCUT2D eigenvalue weighted by atomic mass is 32.2. The van der Waals surface area contributed by atoms with E-state index in [9.17, 15) is 9.59 Å². The van der Waals surface area contributed by atoms with Crippen molar-refractivity contribution in [2.75, 3.05) is 5.32 Å². The fraction of sp³-hybridized carbons (Fsp3) is 0.312. The summed E-state index contributed by atoms with van der Waals surface area (Å²) in [5.41, 5.74) is 1.49. The van der Waals surface area contributed by atoms with Crippen LogP contribution in [0.4, 0.5) is 5.69 Å². The van der Waals surface area contributed by atoms with Crippen LogP contribution in [0, 0.1) is 5.92 Å². The molecule has 1 aliphatic rings. The minimum Gasteiger partial charge on any atom is -0.386 e. The van der Waals surface area contributed by atoms with Crippen LogP contribution in [0.1, 0.15) is 26.2 Å². The van der Waals surface area contributed by atoms with E-state index in [2.05, 4.69) is 10.3 Å². The van der Waals surface area contributed by atoms with Gasteiger partial charge in [0.05, 0.1) is 28.4 Å². The summed E-state index contributed by atoms with van der Waals surface area (Å²) in [7, 11) is 0. The lowest BCUT2D eigenvalue weighted by atomic mass is 9.86. The van der Waals surface area contributed by atoms with Gasteiger partial charge in [-0.2, -0.15) is 0 Å². The van der Waals surface area contributed by atoms with Crippen molar-refractivity contribution in [2.24, 2.45) is 5.92 Å². The number of carbonyl (C=O) groups excluding carboxylic acids is 2. The van der Waals surface area contributed by atoms with Crippen LogP contribution in [-0.2, 0) is 13.8 Å². The summed E-state index contributed by atoms with van der Waals surface area (Å²) in [4.78, 5) is 28.1. The highest BCUT2D eigenvalue weighted by molar-refractivity contribution is 7.95. The van der Waals surface area contributed by atoms with Gasteiger partial charge in [-0.1, -0.05) is 6.42 Å². The molecule has 1 aromatic carbocycles. The Bertz CT molecular complexity index is 728. The van der Waals surface area contributed by atoms with Crippen LogP contribution in [0.2, 0.25) is 0 Å². The number of nitrogens with zero attached hydrogens (tertiary/aromatic N) is 1. The zero-order valence-electron chi connectivity index (χ0n) is 12.2. The predicted molar refractivity (Wildman–Crippen MR) is 85.3 cm³/mol. The second-order valence-electron chi connectivity index (χ2n) is 5.34. The number of carbonyl (C=O) groups is 2. The maximum absolute atomic E-state index is 11.8. The van der Waals surface area contributed by atoms with Crippen LogP contribution in [0.5, 0.6) is 0 Å². The van der Waals surface area contributed by atoms with Crippen LogP contribution in [0.3, 0.4) is 0 Å². The molecule has 1 aromatic heterocycles. The van der Waals surface area contributed by atoms with Gasteiger partial charge in [0, 0.05) is 24.2 Å². The number of benzene rings is 1. The monoisotopic (exact) mass is 316 g/mol. The van der Waals surface area contributed by atoms with Crippen LogP contribution in [0.25, 0.3) is 10.9 Å². The highest BCUT2D eigenvalue weighted by Gasteiger charge is 2.27. The van der Waals surface area contributed by atoms with Gasteiger partial charge in [0.1, 0.15) is 0 Å². The molecule has 1 saturated carbocycles. The molecule has 0 aliphatic heterocycles. The second-order valence-corrected chi connectivity index (χ2v) is 6.11. The van der Waals surface area contributed by atoms with Crippen LogP contribution >= 0.6 is 12.0 Å². The Morgan fingerprint density at radius 3 is 2.82 bits per heavy atom. The van der Waals surface area contributed by atoms with Crippen molar-refractivity contribution in [3.63, 3.8) is 0 Å². The third-order valence-corrected chi connectivity index (χ3v) is 4.46. The van der Waals surface area contributed by atoms with E-state index >= 15 is 0 Å². The van der Waals surface area contributed by atoms with E-state index in [4.69, 9.17) is 4.18 Å². The molecule has 1 N–H and O–H groups in total. The molecule has 0 unspecified atom stereocenters. The number of rotatable bonds is 4. The molecule has 5 nitrogen and oxygen atoms in total. The number of fused-ring (bicyclic) bond motifs is 1. The Hall–Kier alpha value is -2.08. The van der Waals surface area contributed by atoms with Crippen LogP contribution < -0.4 is 5.32 Å². The minimum atomic E-state index is -0.153. The first-order chi connectivity index (χ1) is 10.6. The Labute approximate surface area is 132 Å². The standard InChI is InChI=1S/C16H16N2O3S/c1-10(19)18-12-5-6-14-13(9-12)15(7-8-17-14)22-21-16(20)11-3-2-4-11/h5-9,11H,2-4H2,1H3,(H,18,19). The van der Waals surface area contributed by atoms with Gasteiger partial charge in [0.2, 0.25) is 5.91 Å². The van der Waals surface area contributed by atoms with Gasteiger partial charge >= 0.3 is 5.97 Å². The SMILES string of the molecule is CC(=O)Nc1ccc2nccc(SOC(=O)C3CCC3)c2c1. The van der Waals surface area contributed by atoms with Gasteiger partial charge in [-0.3, -0.25) is 14.6 Å². The summed E-state index contributed by atoms with van der Waals surface area (Å²) >= 11 is 1.06. The summed E-state index contributed by atoms with van der Waals surface area (Å²) in [5.74, 6) is -0.233. The highest BCUT2D eigenvalue weighted by Crippen LogP contribution is 2.33. The summed E-state index contributed by atoms with van der Waals surface area (Å²) < 4.78 is 5.32. The van der Waals surface area contributed by atoms with E-state index in [0.717, 1.165) is 47.1 Å². The molecule has 6 heteroatoms. The van der Waals surface area contributed by atoms with Crippen molar-refractivity contribution in [1.29, 1.82) is 0 Å². The Kier molecular flexibility index (Phi) is 4.29. The van der Waals surface area contributed by atoms with Crippen molar-refractivity contribution in [3.8, 4) is 0 Å². The van der Waals surface area contributed by atoms with Gasteiger partial charge in [0.25, 0.3) is 0 Å². The number of pyridine rings is 1. The van der Waals surface area contributed by atoms with Gasteiger partial charge in [0.15, 0.2) is 0 Å². The van der Waals surface area contributed by atoms with E-state index in [1.54, 1.807) is 18.3 Å². The third-order valence-electron chi connectivity index (χ3n) is 3.67. The first-order valence-electron chi connectivity index (χ1n) is 7.18. The van der Waals surface area contributed by atoms with Gasteiger partial charge in [-0.25, -0.2) is 0 Å². The zero-order chi connectivity index (χ0) is 15.5. The molecule has 0 radical (unpaired) electrons. The molecule has 0 spiro atoms. The van der Waals surface area contributed by atoms with E-state index in [0.29, 0.717) is 5.69 Å². The van der Waals surface area contributed by atoms with Gasteiger partial charge < -0.3 is 9.50 Å². The summed E-state index contributed by atoms with van der Waals surface area (Å²) in [6.07, 6.45) is 4.62. The number of nitrogens with one attached hydrogen (secondary N) is 1. The molecular weight excluding hydrogens is 300 g/mol. The van der Waals surface area contributed by atoms with Crippen molar-refractivity contribution < 1.29 is 13.8 Å².